The van der Waals surface area contributed by atoms with Crippen molar-refractivity contribution < 1.29 is 5.11 Å². The Morgan fingerprint density at radius 1 is 1.50 bits per heavy atom. The van der Waals surface area contributed by atoms with Crippen molar-refractivity contribution in [3.63, 3.8) is 0 Å². The number of hydrogen-bond acceptors (Lipinski definition) is 1. The summed E-state index contributed by atoms with van der Waals surface area (Å²) < 4.78 is 0. The summed E-state index contributed by atoms with van der Waals surface area (Å²) in [6.45, 7) is 4.46. The van der Waals surface area contributed by atoms with E-state index in [1.165, 1.54) is 0 Å². The minimum Gasteiger partial charge on any atom is -0.396 e. The highest BCUT2D eigenvalue weighted by atomic mass is 35.6. The summed E-state index contributed by atoms with van der Waals surface area (Å²) in [7, 11) is -1.37. The second kappa shape index (κ2) is 3.48. The van der Waals surface area contributed by atoms with Gasteiger partial charge in [-0.1, -0.05) is 13.1 Å². The zero-order chi connectivity index (χ0) is 6.62. The van der Waals surface area contributed by atoms with Crippen LogP contribution < -0.4 is 0 Å². The van der Waals surface area contributed by atoms with E-state index in [0.717, 1.165) is 12.5 Å². The van der Waals surface area contributed by atoms with Crippen molar-refractivity contribution in [3.05, 3.63) is 0 Å². The molecule has 0 radical (unpaired) electrons. The number of aliphatic hydroxyl groups is 1. The van der Waals surface area contributed by atoms with Gasteiger partial charge in [-0.3, -0.25) is 0 Å². The summed E-state index contributed by atoms with van der Waals surface area (Å²) >= 11 is 5.94. The Labute approximate surface area is 56.4 Å². The van der Waals surface area contributed by atoms with Gasteiger partial charge in [-0.05, 0) is 12.5 Å². The van der Waals surface area contributed by atoms with E-state index in [0.29, 0.717) is 0 Å². The highest BCUT2D eigenvalue weighted by Crippen LogP contribution is 2.15. The maximum absolute atomic E-state index is 8.39. The van der Waals surface area contributed by atoms with Gasteiger partial charge in [-0.25, -0.2) is 0 Å². The van der Waals surface area contributed by atoms with E-state index < -0.39 is 7.38 Å². The van der Waals surface area contributed by atoms with Gasteiger partial charge in [0.05, 0.1) is 0 Å². The number of rotatable bonds is 3. The van der Waals surface area contributed by atoms with Crippen molar-refractivity contribution in [3.8, 4) is 0 Å². The molecule has 3 heteroatoms. The molecule has 0 unspecified atom stereocenters. The van der Waals surface area contributed by atoms with Crippen LogP contribution in [0.1, 0.15) is 6.42 Å². The van der Waals surface area contributed by atoms with Crippen LogP contribution in [-0.4, -0.2) is 19.1 Å². The molecule has 0 aromatic heterocycles. The fourth-order valence-corrected chi connectivity index (χ4v) is 1.90. The van der Waals surface area contributed by atoms with Crippen LogP contribution in [0.3, 0.4) is 0 Å². The Kier molecular flexibility index (Phi) is 3.69. The van der Waals surface area contributed by atoms with E-state index >= 15 is 0 Å². The normalized spacial score (nSPS) is 12.0. The van der Waals surface area contributed by atoms with E-state index in [9.17, 15) is 0 Å². The van der Waals surface area contributed by atoms with E-state index in [4.69, 9.17) is 16.2 Å². The van der Waals surface area contributed by atoms with Crippen molar-refractivity contribution >= 4 is 18.5 Å². The molecule has 0 bridgehead atoms. The average molecular weight is 153 g/mol. The quantitative estimate of drug-likeness (QED) is 0.483. The van der Waals surface area contributed by atoms with Gasteiger partial charge in [-0.15, -0.1) is 0 Å². The number of halogens is 1. The SMILES string of the molecule is C[Si](C)(Cl)CCCO. The van der Waals surface area contributed by atoms with Gasteiger partial charge in [0.15, 0.2) is 7.38 Å². The Morgan fingerprint density at radius 2 is 2.00 bits per heavy atom. The molecule has 0 aromatic carbocycles. The number of hydrogen-bond donors (Lipinski definition) is 1. The van der Waals surface area contributed by atoms with Gasteiger partial charge in [0, 0.05) is 6.61 Å². The fraction of sp³-hybridized carbons (Fsp3) is 1.00. The lowest BCUT2D eigenvalue weighted by atomic mass is 10.5. The Hall–Kier alpha value is 0.467. The molecule has 0 saturated heterocycles. The molecule has 0 heterocycles. The van der Waals surface area contributed by atoms with E-state index in [1.54, 1.807) is 0 Å². The molecule has 0 amide bonds. The fourth-order valence-electron chi connectivity index (χ4n) is 0.499. The van der Waals surface area contributed by atoms with Crippen molar-refractivity contribution in [2.45, 2.75) is 25.6 Å². The molecule has 0 atom stereocenters. The summed E-state index contributed by atoms with van der Waals surface area (Å²) in [5.41, 5.74) is 0. The molecular formula is C5H13ClOSi. The van der Waals surface area contributed by atoms with Crippen LogP contribution in [0.5, 0.6) is 0 Å². The highest BCUT2D eigenvalue weighted by Gasteiger charge is 2.14. The van der Waals surface area contributed by atoms with Gasteiger partial charge >= 0.3 is 0 Å². The largest absolute Gasteiger partial charge is 0.396 e. The van der Waals surface area contributed by atoms with Crippen molar-refractivity contribution in [2.24, 2.45) is 0 Å². The molecule has 0 aliphatic carbocycles. The standard InChI is InChI=1S/C5H13ClOSi/c1-8(2,6)5-3-4-7/h7H,3-5H2,1-2H3. The van der Waals surface area contributed by atoms with Crippen LogP contribution in [0.4, 0.5) is 0 Å². The molecule has 8 heavy (non-hydrogen) atoms. The maximum Gasteiger partial charge on any atom is 0.150 e. The molecule has 0 aliphatic heterocycles. The van der Waals surface area contributed by atoms with Gasteiger partial charge in [0.1, 0.15) is 0 Å². The smallest absolute Gasteiger partial charge is 0.150 e. The van der Waals surface area contributed by atoms with Crippen molar-refractivity contribution in [1.82, 2.24) is 0 Å². The van der Waals surface area contributed by atoms with Gasteiger partial charge in [0.25, 0.3) is 0 Å². The Balaban J connectivity index is 3.11. The molecule has 0 saturated carbocycles. The molecule has 0 aliphatic rings. The van der Waals surface area contributed by atoms with Crippen molar-refractivity contribution in [1.29, 1.82) is 0 Å². The first kappa shape index (κ1) is 8.47. The molecule has 1 nitrogen and oxygen atoms in total. The first-order chi connectivity index (χ1) is 3.56. The summed E-state index contributed by atoms with van der Waals surface area (Å²) in [4.78, 5) is 0. The first-order valence-electron chi connectivity index (χ1n) is 2.86. The maximum atomic E-state index is 8.39. The van der Waals surface area contributed by atoms with Crippen LogP contribution in [0.15, 0.2) is 0 Å². The molecule has 0 rings (SSSR count). The van der Waals surface area contributed by atoms with Crippen molar-refractivity contribution in [2.75, 3.05) is 6.61 Å². The van der Waals surface area contributed by atoms with Gasteiger partial charge < -0.3 is 5.11 Å². The molecule has 50 valence electrons. The highest BCUT2D eigenvalue weighted by molar-refractivity contribution is 7.19. The Bertz CT molecular complexity index is 59.9. The monoisotopic (exact) mass is 152 g/mol. The molecular weight excluding hydrogens is 140 g/mol. The van der Waals surface area contributed by atoms with E-state index in [-0.39, 0.29) is 6.61 Å². The van der Waals surface area contributed by atoms with Gasteiger partial charge in [-0.2, -0.15) is 11.1 Å². The zero-order valence-electron chi connectivity index (χ0n) is 5.45. The summed E-state index contributed by atoms with van der Waals surface area (Å²) in [5, 5.41) is 8.39. The van der Waals surface area contributed by atoms with Crippen LogP contribution in [-0.2, 0) is 0 Å². The molecule has 0 spiro atoms. The van der Waals surface area contributed by atoms with E-state index in [2.05, 4.69) is 13.1 Å². The van der Waals surface area contributed by atoms with Crippen LogP contribution in [0.2, 0.25) is 19.1 Å². The molecule has 0 fully saturated rings. The lowest BCUT2D eigenvalue weighted by Gasteiger charge is -2.09. The van der Waals surface area contributed by atoms with Crippen LogP contribution in [0, 0.1) is 0 Å². The second-order valence-electron chi connectivity index (χ2n) is 2.55. The molecule has 1 N–H and O–H groups in total. The summed E-state index contributed by atoms with van der Waals surface area (Å²) in [5.74, 6) is 0. The lowest BCUT2D eigenvalue weighted by molar-refractivity contribution is 0.294. The molecule has 0 aromatic rings. The van der Waals surface area contributed by atoms with Crippen LogP contribution in [0.25, 0.3) is 0 Å². The Morgan fingerprint density at radius 3 is 2.12 bits per heavy atom. The lowest BCUT2D eigenvalue weighted by Crippen LogP contribution is -2.15. The predicted molar refractivity (Wildman–Crippen MR) is 39.8 cm³/mol. The van der Waals surface area contributed by atoms with Gasteiger partial charge in [0.2, 0.25) is 0 Å². The predicted octanol–water partition coefficient (Wildman–Crippen LogP) is 1.81. The third kappa shape index (κ3) is 6.47. The average Bonchev–Trinajstić information content (AvgIpc) is 1.59. The third-order valence-corrected chi connectivity index (χ3v) is 3.04. The second-order valence-corrected chi connectivity index (χ2v) is 9.55. The topological polar surface area (TPSA) is 20.2 Å². The van der Waals surface area contributed by atoms with Crippen LogP contribution >= 0.6 is 11.1 Å². The summed E-state index contributed by atoms with van der Waals surface area (Å²) in [6, 6.07) is 1.02. The van der Waals surface area contributed by atoms with E-state index in [1.807, 2.05) is 0 Å². The summed E-state index contributed by atoms with van der Waals surface area (Å²) in [6.07, 6.45) is 0.864. The number of aliphatic hydroxyl groups excluding tert-OH is 1. The zero-order valence-corrected chi connectivity index (χ0v) is 7.20. The minimum absolute atomic E-state index is 0.281. The third-order valence-electron chi connectivity index (χ3n) is 0.929. The first-order valence-corrected chi connectivity index (χ1v) is 7.08. The minimum atomic E-state index is -1.37.